The lowest BCUT2D eigenvalue weighted by atomic mass is 9.96. The molecule has 44 heavy (non-hydrogen) atoms. The quantitative estimate of drug-likeness (QED) is 0.242. The van der Waals surface area contributed by atoms with Crippen LogP contribution in [-0.2, 0) is 14.3 Å². The van der Waals surface area contributed by atoms with Gasteiger partial charge in [-0.25, -0.2) is 9.79 Å². The Balaban J connectivity index is 1.52. The van der Waals surface area contributed by atoms with Crippen LogP contribution in [0.1, 0.15) is 57.7 Å². The third-order valence-electron chi connectivity index (χ3n) is 7.39. The molecule has 232 valence electrons. The highest BCUT2D eigenvalue weighted by Crippen LogP contribution is 2.32. The standard InChI is InChI=1S/C33H37N3O6S2/c1-6-40-26-17-22(9-14-25(26)41-19-28(37)35-15-7-8-16-35)18-27-31(38)36-30(23-10-12-24(43-5)13-11-23)29(32(39)42-20(2)3)21(4)34-33(36)44-27/h9-14,17-18,20,30H,6-8,15-16,19H2,1-5H3/b27-18-/t30-/m1/s1. The zero-order chi connectivity index (χ0) is 31.4. The second kappa shape index (κ2) is 13.9. The van der Waals surface area contributed by atoms with Gasteiger partial charge in [0.2, 0.25) is 0 Å². The van der Waals surface area contributed by atoms with Crippen LogP contribution in [0.3, 0.4) is 0 Å². The predicted molar refractivity (Wildman–Crippen MR) is 172 cm³/mol. The van der Waals surface area contributed by atoms with Crippen LogP contribution < -0.4 is 24.4 Å². The van der Waals surface area contributed by atoms with Gasteiger partial charge in [-0.15, -0.1) is 11.8 Å². The number of likely N-dealkylation sites (tertiary alicyclic amines) is 1. The van der Waals surface area contributed by atoms with Crippen LogP contribution >= 0.6 is 23.1 Å². The first-order chi connectivity index (χ1) is 21.2. The summed E-state index contributed by atoms with van der Waals surface area (Å²) in [7, 11) is 0. The fraction of sp³-hybridized carbons (Fsp3) is 0.394. The molecule has 0 bridgehead atoms. The molecule has 0 N–H and O–H groups in total. The summed E-state index contributed by atoms with van der Waals surface area (Å²) >= 11 is 2.88. The number of allylic oxidation sites excluding steroid dienone is 1. The Kier molecular flexibility index (Phi) is 9.95. The predicted octanol–water partition coefficient (Wildman–Crippen LogP) is 4.31. The fourth-order valence-corrected chi connectivity index (χ4v) is 6.77. The lowest BCUT2D eigenvalue weighted by Crippen LogP contribution is -2.40. The second-order valence-electron chi connectivity index (χ2n) is 10.8. The number of hydrogen-bond acceptors (Lipinski definition) is 9. The smallest absolute Gasteiger partial charge is 0.338 e. The van der Waals surface area contributed by atoms with Gasteiger partial charge in [-0.1, -0.05) is 29.5 Å². The van der Waals surface area contributed by atoms with E-state index in [-0.39, 0.29) is 24.2 Å². The van der Waals surface area contributed by atoms with E-state index in [1.807, 2.05) is 48.4 Å². The number of rotatable bonds is 10. The van der Waals surface area contributed by atoms with Gasteiger partial charge >= 0.3 is 5.97 Å². The van der Waals surface area contributed by atoms with E-state index in [0.29, 0.717) is 38.7 Å². The molecule has 3 heterocycles. The van der Waals surface area contributed by atoms with Crippen molar-refractivity contribution in [1.82, 2.24) is 9.47 Å². The number of thiazole rings is 1. The van der Waals surface area contributed by atoms with Crippen molar-refractivity contribution in [2.24, 2.45) is 4.99 Å². The molecule has 1 saturated heterocycles. The van der Waals surface area contributed by atoms with Gasteiger partial charge in [0.25, 0.3) is 11.5 Å². The Morgan fingerprint density at radius 3 is 2.48 bits per heavy atom. The van der Waals surface area contributed by atoms with Crippen molar-refractivity contribution < 1.29 is 23.8 Å². The molecule has 2 aromatic carbocycles. The first-order valence-electron chi connectivity index (χ1n) is 14.7. The van der Waals surface area contributed by atoms with E-state index in [9.17, 15) is 14.4 Å². The molecule has 9 nitrogen and oxygen atoms in total. The van der Waals surface area contributed by atoms with Crippen LogP contribution in [0, 0.1) is 0 Å². The zero-order valence-electron chi connectivity index (χ0n) is 25.6. The van der Waals surface area contributed by atoms with Crippen molar-refractivity contribution in [3.63, 3.8) is 0 Å². The van der Waals surface area contributed by atoms with Crippen molar-refractivity contribution in [3.8, 4) is 11.5 Å². The highest BCUT2D eigenvalue weighted by atomic mass is 32.2. The topological polar surface area (TPSA) is 99.4 Å². The number of hydrogen-bond donors (Lipinski definition) is 0. The molecule has 2 aliphatic heterocycles. The SMILES string of the molecule is CCOc1cc(/C=c2\sc3n(c2=O)[C@H](c2ccc(SC)cc2)C(C(=O)OC(C)C)=C(C)N=3)ccc1OCC(=O)N1CCCC1. The molecule has 0 saturated carbocycles. The molecular formula is C33H37N3O6S2. The zero-order valence-corrected chi connectivity index (χ0v) is 27.3. The molecule has 0 unspecified atom stereocenters. The number of carbonyl (C=O) groups is 2. The van der Waals surface area contributed by atoms with Crippen LogP contribution in [0.15, 0.2) is 68.4 Å². The lowest BCUT2D eigenvalue weighted by molar-refractivity contribution is -0.143. The molecule has 1 atom stereocenters. The number of fused-ring (bicyclic) bond motifs is 1. The Bertz CT molecular complexity index is 1750. The average Bonchev–Trinajstić information content (AvgIpc) is 3.64. The molecule has 1 fully saturated rings. The van der Waals surface area contributed by atoms with Crippen molar-refractivity contribution in [2.45, 2.75) is 57.6 Å². The summed E-state index contributed by atoms with van der Waals surface area (Å²) in [6.07, 6.45) is 5.49. The van der Waals surface area contributed by atoms with Crippen LogP contribution in [0.2, 0.25) is 0 Å². The van der Waals surface area contributed by atoms with E-state index in [1.54, 1.807) is 55.3 Å². The highest BCUT2D eigenvalue weighted by molar-refractivity contribution is 7.98. The Morgan fingerprint density at radius 1 is 1.09 bits per heavy atom. The van der Waals surface area contributed by atoms with E-state index in [1.165, 1.54) is 11.3 Å². The molecule has 3 aromatic rings. The van der Waals surface area contributed by atoms with Gasteiger partial charge in [-0.3, -0.25) is 14.2 Å². The Morgan fingerprint density at radius 2 is 1.82 bits per heavy atom. The summed E-state index contributed by atoms with van der Waals surface area (Å²) in [5, 5.41) is 0. The summed E-state index contributed by atoms with van der Waals surface area (Å²) in [5.41, 5.74) is 2.13. The van der Waals surface area contributed by atoms with E-state index in [0.717, 1.165) is 42.0 Å². The van der Waals surface area contributed by atoms with Crippen LogP contribution in [-0.4, -0.2) is 60.0 Å². The number of benzene rings is 2. The Labute approximate surface area is 264 Å². The third-order valence-corrected chi connectivity index (χ3v) is 9.12. The maximum absolute atomic E-state index is 14.0. The molecule has 11 heteroatoms. The molecule has 0 aliphatic carbocycles. The minimum atomic E-state index is -0.682. The van der Waals surface area contributed by atoms with Gasteiger partial charge in [0.15, 0.2) is 22.9 Å². The maximum atomic E-state index is 14.0. The summed E-state index contributed by atoms with van der Waals surface area (Å²) in [6.45, 7) is 9.12. The average molecular weight is 636 g/mol. The molecule has 1 aromatic heterocycles. The van der Waals surface area contributed by atoms with Crippen molar-refractivity contribution in [1.29, 1.82) is 0 Å². The number of nitrogens with zero attached hydrogens (tertiary/aromatic N) is 3. The minimum absolute atomic E-state index is 0.0419. The molecule has 1 amide bonds. The van der Waals surface area contributed by atoms with Gasteiger partial charge in [0, 0.05) is 18.0 Å². The number of esters is 1. The molecule has 0 radical (unpaired) electrons. The second-order valence-corrected chi connectivity index (χ2v) is 12.7. The Hall–Kier alpha value is -3.83. The fourth-order valence-electron chi connectivity index (χ4n) is 5.31. The van der Waals surface area contributed by atoms with E-state index in [2.05, 4.69) is 4.99 Å². The lowest BCUT2D eigenvalue weighted by Gasteiger charge is -2.25. The largest absolute Gasteiger partial charge is 0.490 e. The van der Waals surface area contributed by atoms with Crippen LogP contribution in [0.25, 0.3) is 6.08 Å². The molecular weight excluding hydrogens is 599 g/mol. The summed E-state index contributed by atoms with van der Waals surface area (Å²) < 4.78 is 19.3. The normalized spacial score (nSPS) is 16.6. The van der Waals surface area contributed by atoms with Gasteiger partial charge in [0.1, 0.15) is 0 Å². The van der Waals surface area contributed by atoms with Crippen molar-refractivity contribution >= 4 is 41.1 Å². The first kappa shape index (κ1) is 31.6. The number of ether oxygens (including phenoxy) is 3. The van der Waals surface area contributed by atoms with Crippen molar-refractivity contribution in [3.05, 3.63) is 84.5 Å². The van der Waals surface area contributed by atoms with Crippen LogP contribution in [0.4, 0.5) is 0 Å². The summed E-state index contributed by atoms with van der Waals surface area (Å²) in [4.78, 5) is 47.9. The molecule has 0 spiro atoms. The summed E-state index contributed by atoms with van der Waals surface area (Å²) in [6, 6.07) is 12.5. The minimum Gasteiger partial charge on any atom is -0.490 e. The monoisotopic (exact) mass is 635 g/mol. The van der Waals surface area contributed by atoms with Gasteiger partial charge in [-0.2, -0.15) is 0 Å². The maximum Gasteiger partial charge on any atom is 0.338 e. The van der Waals surface area contributed by atoms with E-state index in [4.69, 9.17) is 14.2 Å². The van der Waals surface area contributed by atoms with Gasteiger partial charge < -0.3 is 19.1 Å². The number of carbonyl (C=O) groups excluding carboxylic acids is 2. The van der Waals surface area contributed by atoms with Gasteiger partial charge in [-0.05, 0) is 88.3 Å². The number of aromatic nitrogens is 1. The van der Waals surface area contributed by atoms with E-state index < -0.39 is 12.0 Å². The first-order valence-corrected chi connectivity index (χ1v) is 16.8. The number of thioether (sulfide) groups is 1. The molecule has 2 aliphatic rings. The highest BCUT2D eigenvalue weighted by Gasteiger charge is 2.33. The van der Waals surface area contributed by atoms with Gasteiger partial charge in [0.05, 0.1) is 34.6 Å². The van der Waals surface area contributed by atoms with Crippen molar-refractivity contribution in [2.75, 3.05) is 32.6 Å². The molecule has 5 rings (SSSR count). The van der Waals surface area contributed by atoms with Crippen LogP contribution in [0.5, 0.6) is 11.5 Å². The third kappa shape index (κ3) is 6.78. The summed E-state index contributed by atoms with van der Waals surface area (Å²) in [5.74, 6) is 0.426. The van der Waals surface area contributed by atoms with E-state index >= 15 is 0 Å². The number of amides is 1.